The molecule has 0 aromatic heterocycles. The van der Waals surface area contributed by atoms with Crippen LogP contribution in [0.1, 0.15) is 72.6 Å². The first kappa shape index (κ1) is 19.5. The van der Waals surface area contributed by atoms with Gasteiger partial charge in [-0.2, -0.15) is 0 Å². The van der Waals surface area contributed by atoms with E-state index >= 15 is 0 Å². The van der Waals surface area contributed by atoms with E-state index in [4.69, 9.17) is 5.11 Å². The van der Waals surface area contributed by atoms with Crippen LogP contribution in [0.5, 0.6) is 0 Å². The zero-order valence-electron chi connectivity index (χ0n) is 15.6. The molecule has 2 aliphatic carbocycles. The van der Waals surface area contributed by atoms with Crippen LogP contribution in [-0.4, -0.2) is 34.0 Å². The van der Waals surface area contributed by atoms with E-state index in [1.54, 1.807) is 0 Å². The van der Waals surface area contributed by atoms with Crippen LogP contribution in [0.4, 0.5) is 0 Å². The second-order valence-electron chi connectivity index (χ2n) is 8.92. The first-order valence-electron chi connectivity index (χ1n) is 9.39. The van der Waals surface area contributed by atoms with Gasteiger partial charge < -0.3 is 15.3 Å². The van der Waals surface area contributed by atoms with Crippen molar-refractivity contribution in [1.29, 1.82) is 0 Å². The van der Waals surface area contributed by atoms with Crippen LogP contribution in [0.3, 0.4) is 0 Å². The number of carbonyl (C=O) groups is 1. The van der Waals surface area contributed by atoms with Crippen LogP contribution < -0.4 is 0 Å². The molecule has 24 heavy (non-hydrogen) atoms. The second kappa shape index (κ2) is 7.17. The summed E-state index contributed by atoms with van der Waals surface area (Å²) in [5, 5.41) is 29.4. The van der Waals surface area contributed by atoms with Crippen LogP contribution in [-0.2, 0) is 4.79 Å². The lowest BCUT2D eigenvalue weighted by atomic mass is 9.49. The lowest BCUT2D eigenvalue weighted by molar-refractivity contribution is -0.135. The minimum absolute atomic E-state index is 0.125. The number of aliphatic hydroxyl groups is 2. The van der Waals surface area contributed by atoms with Crippen LogP contribution in [0.2, 0.25) is 0 Å². The summed E-state index contributed by atoms with van der Waals surface area (Å²) in [6, 6.07) is 0. The topological polar surface area (TPSA) is 77.8 Å². The highest BCUT2D eigenvalue weighted by molar-refractivity contribution is 5.89. The molecule has 2 aliphatic rings. The van der Waals surface area contributed by atoms with Gasteiger partial charge in [-0.05, 0) is 61.2 Å². The maximum Gasteiger partial charge on any atom is 0.334 e. The monoisotopic (exact) mass is 338 g/mol. The third-order valence-electron chi connectivity index (χ3n) is 6.78. The Bertz CT molecular complexity index is 508. The smallest absolute Gasteiger partial charge is 0.334 e. The molecular weight excluding hydrogens is 304 g/mol. The van der Waals surface area contributed by atoms with E-state index in [2.05, 4.69) is 27.7 Å². The van der Waals surface area contributed by atoms with Gasteiger partial charge >= 0.3 is 5.97 Å². The zero-order chi connectivity index (χ0) is 18.1. The molecule has 0 saturated heterocycles. The Balaban J connectivity index is 2.40. The van der Waals surface area contributed by atoms with Crippen molar-refractivity contribution in [1.82, 2.24) is 0 Å². The summed E-state index contributed by atoms with van der Waals surface area (Å²) in [7, 11) is 0. The number of aliphatic hydroxyl groups excluding tert-OH is 2. The van der Waals surface area contributed by atoms with E-state index < -0.39 is 12.1 Å². The lowest BCUT2D eigenvalue weighted by Crippen LogP contribution is -2.49. The van der Waals surface area contributed by atoms with Crippen molar-refractivity contribution in [3.05, 3.63) is 11.1 Å². The maximum absolute atomic E-state index is 11.9. The molecule has 0 amide bonds. The average Bonchev–Trinajstić information content (AvgIpc) is 2.46. The Hall–Kier alpha value is -0.870. The molecule has 2 rings (SSSR count). The van der Waals surface area contributed by atoms with E-state index in [1.165, 1.54) is 0 Å². The first-order valence-corrected chi connectivity index (χ1v) is 9.39. The van der Waals surface area contributed by atoms with Gasteiger partial charge in [0.1, 0.15) is 0 Å². The molecule has 0 heterocycles. The number of rotatable bonds is 6. The molecule has 4 atom stereocenters. The van der Waals surface area contributed by atoms with Gasteiger partial charge in [-0.15, -0.1) is 0 Å². The van der Waals surface area contributed by atoms with Gasteiger partial charge in [0, 0.05) is 6.61 Å². The molecule has 0 aromatic carbocycles. The number of carboxylic acid groups (broad SMARTS) is 1. The van der Waals surface area contributed by atoms with Crippen LogP contribution in [0, 0.1) is 22.7 Å². The molecule has 1 fully saturated rings. The standard InChI is InChI=1S/C20H34O4/c1-13(8-11-21)6-7-14-17(18(23)24)15(22)12-16-19(2,3)9-5-10-20(14,16)4/h13,15-16,21-22H,5-12H2,1-4H3,(H,23,24)/t13-,15+,16-,20+/m0/s1. The predicted molar refractivity (Wildman–Crippen MR) is 94.6 cm³/mol. The number of hydrogen-bond donors (Lipinski definition) is 3. The van der Waals surface area contributed by atoms with E-state index in [-0.39, 0.29) is 23.0 Å². The molecule has 0 radical (unpaired) electrons. The fourth-order valence-corrected chi connectivity index (χ4v) is 5.36. The highest BCUT2D eigenvalue weighted by Gasteiger charge is 2.53. The van der Waals surface area contributed by atoms with Crippen molar-refractivity contribution in [2.75, 3.05) is 6.61 Å². The minimum atomic E-state index is -0.963. The third-order valence-corrected chi connectivity index (χ3v) is 6.78. The van der Waals surface area contributed by atoms with E-state index in [1.807, 2.05) is 0 Å². The van der Waals surface area contributed by atoms with Crippen LogP contribution in [0.15, 0.2) is 11.1 Å². The lowest BCUT2D eigenvalue weighted by Gasteiger charge is -2.56. The Kier molecular flexibility index (Phi) is 5.81. The van der Waals surface area contributed by atoms with Crippen molar-refractivity contribution in [2.24, 2.45) is 22.7 Å². The normalized spacial score (nSPS) is 33.9. The molecule has 1 saturated carbocycles. The summed E-state index contributed by atoms with van der Waals surface area (Å²) in [4.78, 5) is 11.9. The molecule has 0 unspecified atom stereocenters. The number of allylic oxidation sites excluding steroid dienone is 1. The number of fused-ring (bicyclic) bond motifs is 1. The summed E-state index contributed by atoms with van der Waals surface area (Å²) in [6.45, 7) is 9.02. The SMILES string of the molecule is C[C@H](CCO)CCC1=C(C(=O)O)[C@H](O)C[C@H]2C(C)(C)CCC[C@]12C. The summed E-state index contributed by atoms with van der Waals surface area (Å²) in [6.07, 6.45) is 5.26. The first-order chi connectivity index (χ1) is 11.1. The highest BCUT2D eigenvalue weighted by atomic mass is 16.4. The second-order valence-corrected chi connectivity index (χ2v) is 8.92. The molecule has 0 aromatic rings. The van der Waals surface area contributed by atoms with Gasteiger partial charge in [-0.25, -0.2) is 4.79 Å². The van der Waals surface area contributed by atoms with Crippen molar-refractivity contribution >= 4 is 5.97 Å². The van der Waals surface area contributed by atoms with Crippen molar-refractivity contribution in [3.63, 3.8) is 0 Å². The molecule has 0 bridgehead atoms. The Morgan fingerprint density at radius 2 is 1.92 bits per heavy atom. The summed E-state index contributed by atoms with van der Waals surface area (Å²) in [5.41, 5.74) is 1.21. The van der Waals surface area contributed by atoms with E-state index in [0.29, 0.717) is 24.7 Å². The largest absolute Gasteiger partial charge is 0.478 e. The Labute approximate surface area is 146 Å². The van der Waals surface area contributed by atoms with Crippen LogP contribution in [0.25, 0.3) is 0 Å². The van der Waals surface area contributed by atoms with Crippen LogP contribution >= 0.6 is 0 Å². The van der Waals surface area contributed by atoms with Crippen molar-refractivity contribution < 1.29 is 20.1 Å². The fraction of sp³-hybridized carbons (Fsp3) is 0.850. The molecular formula is C20H34O4. The summed E-state index contributed by atoms with van der Waals surface area (Å²) >= 11 is 0. The maximum atomic E-state index is 11.9. The Morgan fingerprint density at radius 1 is 1.25 bits per heavy atom. The summed E-state index contributed by atoms with van der Waals surface area (Å²) < 4.78 is 0. The van der Waals surface area contributed by atoms with E-state index in [9.17, 15) is 15.0 Å². The molecule has 138 valence electrons. The van der Waals surface area contributed by atoms with E-state index in [0.717, 1.165) is 37.7 Å². The molecule has 3 N–H and O–H groups in total. The van der Waals surface area contributed by atoms with Crippen molar-refractivity contribution in [3.8, 4) is 0 Å². The van der Waals surface area contributed by atoms with Gasteiger partial charge in [-0.3, -0.25) is 0 Å². The predicted octanol–water partition coefficient (Wildman–Crippen LogP) is 3.76. The Morgan fingerprint density at radius 3 is 2.50 bits per heavy atom. The van der Waals surface area contributed by atoms with Gasteiger partial charge in [-0.1, -0.05) is 39.7 Å². The number of carboxylic acids is 1. The van der Waals surface area contributed by atoms with Crippen molar-refractivity contribution in [2.45, 2.75) is 78.7 Å². The van der Waals surface area contributed by atoms with Gasteiger partial charge in [0.2, 0.25) is 0 Å². The quantitative estimate of drug-likeness (QED) is 0.689. The third kappa shape index (κ3) is 3.55. The number of hydrogen-bond acceptors (Lipinski definition) is 3. The highest BCUT2D eigenvalue weighted by Crippen LogP contribution is 2.60. The number of aliphatic carboxylic acids is 1. The van der Waals surface area contributed by atoms with Gasteiger partial charge in [0.15, 0.2) is 0 Å². The average molecular weight is 338 g/mol. The molecule has 4 heteroatoms. The molecule has 0 aliphatic heterocycles. The van der Waals surface area contributed by atoms with Gasteiger partial charge in [0.25, 0.3) is 0 Å². The molecule has 4 nitrogen and oxygen atoms in total. The fourth-order valence-electron chi connectivity index (χ4n) is 5.36. The van der Waals surface area contributed by atoms with Gasteiger partial charge in [0.05, 0.1) is 11.7 Å². The molecule has 0 spiro atoms. The minimum Gasteiger partial charge on any atom is -0.478 e. The summed E-state index contributed by atoms with van der Waals surface area (Å²) in [5.74, 6) is -0.286. The zero-order valence-corrected chi connectivity index (χ0v) is 15.6.